The van der Waals surface area contributed by atoms with Crippen LogP contribution in [0.3, 0.4) is 0 Å². The smallest absolute Gasteiger partial charge is 0 e. The van der Waals surface area contributed by atoms with E-state index in [0.29, 0.717) is 0 Å². The maximum atomic E-state index is 8.38. The molecule has 0 aliphatic heterocycles. The van der Waals surface area contributed by atoms with Crippen molar-refractivity contribution in [3.8, 4) is 0 Å². The van der Waals surface area contributed by atoms with Crippen molar-refractivity contribution in [2.75, 3.05) is 0 Å². The molecule has 1 nitrogen and oxygen atoms in total. The van der Waals surface area contributed by atoms with Crippen LogP contribution < -0.4 is 18.9 Å². The predicted octanol–water partition coefficient (Wildman–Crippen LogP) is -3.01. The summed E-state index contributed by atoms with van der Waals surface area (Å²) >= 11 is 0.125. The Kier molecular flexibility index (Phi) is 99.3. The van der Waals surface area contributed by atoms with Gasteiger partial charge in [0.25, 0.3) is 0 Å². The molecule has 12 valence electrons. The second kappa shape index (κ2) is 22.8. The largest absolute Gasteiger partial charge is 0 e. The minimum atomic E-state index is 0. The molecule has 0 unspecified atom stereocenters. The van der Waals surface area contributed by atoms with Crippen molar-refractivity contribution in [1.82, 2.24) is 0 Å². The van der Waals surface area contributed by atoms with Crippen molar-refractivity contribution < 1.29 is 61.6 Å². The Hall–Kier alpha value is 1.64. The fourth-order valence-electron chi connectivity index (χ4n) is 0. The first-order valence-electron chi connectivity index (χ1n) is 0.289. The predicted molar refractivity (Wildman–Crippen MR) is 1.80 cm³/mol. The fourth-order valence-corrected chi connectivity index (χ4v) is 0. The quantitative estimate of drug-likeness (QED) is 0.340. The summed E-state index contributed by atoms with van der Waals surface area (Å²) in [5, 5.41) is 0. The first kappa shape index (κ1) is 17.4. The Bertz CT molecular complexity index is 9.61. The Balaban J connectivity index is -0.00000000167. The van der Waals surface area contributed by atoms with Gasteiger partial charge in [0.15, 0.2) is 0 Å². The third-order valence-electron chi connectivity index (χ3n) is 0. The summed E-state index contributed by atoms with van der Waals surface area (Å²) in [4.78, 5) is 0. The molecule has 0 radical (unpaired) electrons. The van der Waals surface area contributed by atoms with Crippen molar-refractivity contribution >= 4 is 0 Å². The normalized spacial score (nSPS) is 1.50. The molecule has 0 aromatic heterocycles. The van der Waals surface area contributed by atoms with E-state index in [1.54, 1.807) is 0 Å². The van der Waals surface area contributed by atoms with Gasteiger partial charge in [-0.15, -0.1) is 0 Å². The average molecular weight is 155 g/mol. The van der Waals surface area contributed by atoms with Crippen LogP contribution in [0.15, 0.2) is 0 Å². The number of hydrogen-bond acceptors (Lipinski definition) is 1. The topological polar surface area (TPSA) is 17.1 Å². The maximum Gasteiger partial charge on any atom is 0 e. The molecule has 0 saturated carbocycles. The van der Waals surface area contributed by atoms with Gasteiger partial charge in [-0.3, -0.25) is 0 Å². The summed E-state index contributed by atoms with van der Waals surface area (Å²) in [6, 6.07) is 0. The van der Waals surface area contributed by atoms with E-state index in [9.17, 15) is 0 Å². The minimum absolute atomic E-state index is 0. The van der Waals surface area contributed by atoms with E-state index >= 15 is 0 Å². The molecular weight excluding hydrogens is 154 g/mol. The van der Waals surface area contributed by atoms with E-state index in [-0.39, 0.29) is 58.0 Å². The van der Waals surface area contributed by atoms with Crippen LogP contribution in [0.1, 0.15) is 1.43 Å². The second-order valence-corrected chi connectivity index (χ2v) is 0. The summed E-state index contributed by atoms with van der Waals surface area (Å²) in [7, 11) is 0. The van der Waals surface area contributed by atoms with Crippen molar-refractivity contribution in [3.63, 3.8) is 0 Å². The average Bonchev–Trinajstić information content (AvgIpc) is 1.00. The van der Waals surface area contributed by atoms with Crippen LogP contribution in [-0.4, -0.2) is 0 Å². The Morgan fingerprint density at radius 2 is 1.50 bits per heavy atom. The first-order valence-corrected chi connectivity index (χ1v) is 1.50. The third kappa shape index (κ3) is 9.43. The van der Waals surface area contributed by atoms with Crippen molar-refractivity contribution in [3.05, 3.63) is 0 Å². The molecule has 0 fully saturated rings. The molecule has 0 aliphatic rings. The molecule has 4 heteroatoms. The van der Waals surface area contributed by atoms with Crippen molar-refractivity contribution in [1.29, 1.82) is 0 Å². The molecule has 0 aromatic carbocycles. The van der Waals surface area contributed by atoms with Gasteiger partial charge in [-0.1, -0.05) is 0 Å². The van der Waals surface area contributed by atoms with Gasteiger partial charge in [-0.25, -0.2) is 0 Å². The van der Waals surface area contributed by atoms with Gasteiger partial charge < -0.3 is 1.43 Å². The van der Waals surface area contributed by atoms with Gasteiger partial charge in [0.2, 0.25) is 0 Å². The van der Waals surface area contributed by atoms with Crippen LogP contribution in [0.25, 0.3) is 0 Å². The summed E-state index contributed by atoms with van der Waals surface area (Å²) in [6.07, 6.45) is 0. The molecule has 0 spiro atoms. The van der Waals surface area contributed by atoms with Crippen molar-refractivity contribution in [2.24, 2.45) is 0 Å². The molecule has 0 N–H and O–H groups in total. The van der Waals surface area contributed by atoms with Gasteiger partial charge in [-0.05, 0) is 0 Å². The summed E-state index contributed by atoms with van der Waals surface area (Å²) in [5.74, 6) is 0. The van der Waals surface area contributed by atoms with Gasteiger partial charge in [-0.2, -0.15) is 0 Å². The van der Waals surface area contributed by atoms with Crippen molar-refractivity contribution in [2.45, 2.75) is 0 Å². The monoisotopic (exact) mass is 152 g/mol. The Morgan fingerprint density at radius 3 is 1.50 bits per heavy atom. The molecule has 0 aliphatic carbocycles. The fraction of sp³-hybridized carbons (Fsp3) is 0. The van der Waals surface area contributed by atoms with E-state index in [1.807, 2.05) is 0 Å². The molecule has 0 aromatic rings. The van der Waals surface area contributed by atoms with Crippen LogP contribution in [0.2, 0.25) is 0 Å². The van der Waals surface area contributed by atoms with Crippen LogP contribution >= 0.6 is 0 Å². The summed E-state index contributed by atoms with van der Waals surface area (Å²) < 4.78 is 8.38. The first-order chi connectivity index (χ1) is 1.00. The molecule has 0 atom stereocenters. The summed E-state index contributed by atoms with van der Waals surface area (Å²) in [6.45, 7) is 0. The molecular formula is HLiOZn2. The second-order valence-electron chi connectivity index (χ2n) is 0. The zero-order valence-electron chi connectivity index (χ0n) is 3.82. The number of hydrogen-bond donors (Lipinski definition) is 0. The third-order valence-corrected chi connectivity index (χ3v) is 0. The zero-order valence-corrected chi connectivity index (χ0v) is 8.76. The van der Waals surface area contributed by atoms with Crippen LogP contribution in [0.5, 0.6) is 0 Å². The van der Waals surface area contributed by atoms with E-state index < -0.39 is 0 Å². The van der Waals surface area contributed by atoms with Crippen LogP contribution in [0, 0.1) is 0 Å². The molecule has 0 rings (SSSR count). The van der Waals surface area contributed by atoms with Crippen LogP contribution in [-0.2, 0) is 41.3 Å². The summed E-state index contributed by atoms with van der Waals surface area (Å²) in [5.41, 5.74) is 0. The van der Waals surface area contributed by atoms with Gasteiger partial charge in [0, 0.05) is 19.5 Å². The van der Waals surface area contributed by atoms with E-state index in [0.717, 1.165) is 0 Å². The van der Waals surface area contributed by atoms with Gasteiger partial charge in [0.05, 0.1) is 0 Å². The molecule has 0 heterocycles. The van der Waals surface area contributed by atoms with E-state index in [1.165, 1.54) is 0 Å². The standard InChI is InChI=1S/Li.O.2Zn.H/q+1;;;;-1. The number of rotatable bonds is 0. The zero-order chi connectivity index (χ0) is 2.00. The molecule has 0 amide bonds. The Labute approximate surface area is 61.3 Å². The maximum absolute atomic E-state index is 8.38. The SMILES string of the molecule is [H-].[Li+].[O]=[Zn].[Zn]. The van der Waals surface area contributed by atoms with Crippen LogP contribution in [0.4, 0.5) is 0 Å². The molecule has 0 saturated heterocycles. The molecule has 0 bridgehead atoms. The van der Waals surface area contributed by atoms with E-state index in [4.69, 9.17) is 3.57 Å². The minimum Gasteiger partial charge on any atom is 0 e. The van der Waals surface area contributed by atoms with Gasteiger partial charge in [0.1, 0.15) is 0 Å². The van der Waals surface area contributed by atoms with E-state index in [2.05, 4.69) is 0 Å². The van der Waals surface area contributed by atoms with Gasteiger partial charge >= 0.3 is 40.7 Å². The molecule has 4 heavy (non-hydrogen) atoms. The Morgan fingerprint density at radius 1 is 1.50 bits per heavy atom.